The second-order valence-corrected chi connectivity index (χ2v) is 5.96. The van der Waals surface area contributed by atoms with Crippen LogP contribution in [-0.2, 0) is 23.1 Å². The summed E-state index contributed by atoms with van der Waals surface area (Å²) in [5, 5.41) is 6.45. The predicted octanol–water partition coefficient (Wildman–Crippen LogP) is 0.803. The Balaban J connectivity index is 2.12. The summed E-state index contributed by atoms with van der Waals surface area (Å²) < 4.78 is 28.5. The monoisotopic (exact) mass is 283 g/mol. The van der Waals surface area contributed by atoms with Crippen LogP contribution >= 0.6 is 0 Å². The molecular weight excluding hydrogens is 266 g/mol. The van der Waals surface area contributed by atoms with Gasteiger partial charge in [0.15, 0.2) is 5.03 Å². The highest BCUT2D eigenvalue weighted by Crippen LogP contribution is 2.10. The van der Waals surface area contributed by atoms with Crippen LogP contribution in [0.25, 0.3) is 0 Å². The van der Waals surface area contributed by atoms with E-state index < -0.39 is 10.0 Å². The summed E-state index contributed by atoms with van der Waals surface area (Å²) in [5.74, 6) is 0.700. The first-order valence-electron chi connectivity index (χ1n) is 6.04. The Bertz CT molecular complexity index is 630. The number of H-pyrrole nitrogens is 1. The van der Waals surface area contributed by atoms with E-state index >= 15 is 0 Å². The summed E-state index contributed by atoms with van der Waals surface area (Å²) in [6, 6.07) is 0. The SMILES string of the molecule is CCCn1cc(S(=O)(=O)NCc2cn[nH]c2)nc1C. The second kappa shape index (κ2) is 5.54. The molecule has 2 aromatic rings. The minimum Gasteiger partial charge on any atom is -0.334 e. The molecule has 0 saturated heterocycles. The fourth-order valence-electron chi connectivity index (χ4n) is 1.70. The Morgan fingerprint density at radius 1 is 1.47 bits per heavy atom. The molecular formula is C11H17N5O2S. The second-order valence-electron chi connectivity index (χ2n) is 4.25. The van der Waals surface area contributed by atoms with E-state index in [1.807, 2.05) is 11.5 Å². The molecule has 0 saturated carbocycles. The lowest BCUT2D eigenvalue weighted by atomic mass is 10.4. The van der Waals surface area contributed by atoms with Gasteiger partial charge in [0.2, 0.25) is 0 Å². The fraction of sp³-hybridized carbons (Fsp3) is 0.455. The Morgan fingerprint density at radius 3 is 2.89 bits per heavy atom. The minimum atomic E-state index is -3.58. The van der Waals surface area contributed by atoms with Crippen LogP contribution in [-0.4, -0.2) is 28.2 Å². The zero-order valence-corrected chi connectivity index (χ0v) is 11.7. The maximum Gasteiger partial charge on any atom is 0.259 e. The molecule has 7 nitrogen and oxygen atoms in total. The number of nitrogens with zero attached hydrogens (tertiary/aromatic N) is 3. The van der Waals surface area contributed by atoms with Crippen LogP contribution in [0.1, 0.15) is 24.7 Å². The molecule has 0 atom stereocenters. The fourth-order valence-corrected chi connectivity index (χ4v) is 2.73. The molecule has 104 valence electrons. The highest BCUT2D eigenvalue weighted by atomic mass is 32.2. The van der Waals surface area contributed by atoms with Gasteiger partial charge in [-0.15, -0.1) is 0 Å². The predicted molar refractivity (Wildman–Crippen MR) is 69.9 cm³/mol. The molecule has 0 fully saturated rings. The lowest BCUT2D eigenvalue weighted by Gasteiger charge is -2.02. The average molecular weight is 283 g/mol. The average Bonchev–Trinajstić information content (AvgIpc) is 2.98. The summed E-state index contributed by atoms with van der Waals surface area (Å²) in [4.78, 5) is 4.09. The third kappa shape index (κ3) is 3.21. The third-order valence-electron chi connectivity index (χ3n) is 2.71. The van der Waals surface area contributed by atoms with Crippen LogP contribution in [0.15, 0.2) is 23.6 Å². The molecule has 0 aliphatic rings. The molecule has 0 unspecified atom stereocenters. The zero-order chi connectivity index (χ0) is 13.9. The molecule has 2 rings (SSSR count). The third-order valence-corrected chi connectivity index (χ3v) is 3.99. The number of hydrogen-bond donors (Lipinski definition) is 2. The van der Waals surface area contributed by atoms with Crippen LogP contribution in [0.4, 0.5) is 0 Å². The Morgan fingerprint density at radius 2 is 2.26 bits per heavy atom. The number of sulfonamides is 1. The summed E-state index contributed by atoms with van der Waals surface area (Å²) in [6.45, 7) is 4.78. The highest BCUT2D eigenvalue weighted by Gasteiger charge is 2.18. The molecule has 0 radical (unpaired) electrons. The van der Waals surface area contributed by atoms with Crippen molar-refractivity contribution in [2.24, 2.45) is 0 Å². The Hall–Kier alpha value is -1.67. The van der Waals surface area contributed by atoms with Crippen molar-refractivity contribution in [1.82, 2.24) is 24.5 Å². The lowest BCUT2D eigenvalue weighted by molar-refractivity contribution is 0.577. The molecule has 2 aromatic heterocycles. The zero-order valence-electron chi connectivity index (χ0n) is 10.9. The van der Waals surface area contributed by atoms with Crippen molar-refractivity contribution < 1.29 is 8.42 Å². The van der Waals surface area contributed by atoms with Crippen molar-refractivity contribution in [3.8, 4) is 0 Å². The van der Waals surface area contributed by atoms with E-state index in [9.17, 15) is 8.42 Å². The van der Waals surface area contributed by atoms with Gasteiger partial charge in [0, 0.05) is 31.0 Å². The molecule has 2 N–H and O–H groups in total. The van der Waals surface area contributed by atoms with Gasteiger partial charge in [-0.1, -0.05) is 6.92 Å². The van der Waals surface area contributed by atoms with E-state index in [1.54, 1.807) is 25.5 Å². The molecule has 0 spiro atoms. The van der Waals surface area contributed by atoms with E-state index in [2.05, 4.69) is 19.9 Å². The standard InChI is InChI=1S/C11H17N5O2S/c1-3-4-16-8-11(15-9(16)2)19(17,18)14-7-10-5-12-13-6-10/h5-6,8,14H,3-4,7H2,1-2H3,(H,12,13). The quantitative estimate of drug-likeness (QED) is 0.820. The van der Waals surface area contributed by atoms with E-state index in [0.29, 0.717) is 5.82 Å². The smallest absolute Gasteiger partial charge is 0.259 e. The van der Waals surface area contributed by atoms with Gasteiger partial charge in [0.05, 0.1) is 6.20 Å². The number of aromatic nitrogens is 4. The Kier molecular flexibility index (Phi) is 4.01. The summed E-state index contributed by atoms with van der Waals surface area (Å²) in [5.41, 5.74) is 0.772. The molecule has 0 aliphatic heterocycles. The number of aromatic amines is 1. The summed E-state index contributed by atoms with van der Waals surface area (Å²) in [6.07, 6.45) is 5.71. The van der Waals surface area contributed by atoms with Crippen molar-refractivity contribution in [2.45, 2.75) is 38.4 Å². The van der Waals surface area contributed by atoms with Crippen molar-refractivity contribution in [2.75, 3.05) is 0 Å². The van der Waals surface area contributed by atoms with Crippen LogP contribution in [0.5, 0.6) is 0 Å². The van der Waals surface area contributed by atoms with Crippen molar-refractivity contribution in [1.29, 1.82) is 0 Å². The van der Waals surface area contributed by atoms with Crippen LogP contribution < -0.4 is 4.72 Å². The Labute approximate surface area is 112 Å². The maximum absolute atomic E-state index is 12.1. The number of aryl methyl sites for hydroxylation is 2. The topological polar surface area (TPSA) is 92.7 Å². The van der Waals surface area contributed by atoms with Crippen LogP contribution in [0.3, 0.4) is 0 Å². The molecule has 0 aromatic carbocycles. The van der Waals surface area contributed by atoms with Gasteiger partial charge in [0.25, 0.3) is 10.0 Å². The first-order valence-corrected chi connectivity index (χ1v) is 7.52. The number of imidazole rings is 1. The number of rotatable bonds is 6. The highest BCUT2D eigenvalue weighted by molar-refractivity contribution is 7.89. The van der Waals surface area contributed by atoms with E-state index in [1.165, 1.54) is 0 Å². The van der Waals surface area contributed by atoms with E-state index in [0.717, 1.165) is 18.5 Å². The van der Waals surface area contributed by atoms with Gasteiger partial charge >= 0.3 is 0 Å². The minimum absolute atomic E-state index is 0.0574. The van der Waals surface area contributed by atoms with Crippen molar-refractivity contribution in [3.63, 3.8) is 0 Å². The first kappa shape index (κ1) is 13.8. The van der Waals surface area contributed by atoms with Gasteiger partial charge in [0.1, 0.15) is 5.82 Å². The molecule has 8 heteroatoms. The molecule has 0 aliphatic carbocycles. The largest absolute Gasteiger partial charge is 0.334 e. The molecule has 19 heavy (non-hydrogen) atoms. The van der Waals surface area contributed by atoms with Crippen LogP contribution in [0, 0.1) is 6.92 Å². The summed E-state index contributed by atoms with van der Waals surface area (Å²) in [7, 11) is -3.58. The molecule has 0 amide bonds. The normalized spacial score (nSPS) is 11.9. The first-order chi connectivity index (χ1) is 9.03. The van der Waals surface area contributed by atoms with Crippen LogP contribution in [0.2, 0.25) is 0 Å². The maximum atomic E-state index is 12.1. The van der Waals surface area contributed by atoms with Gasteiger partial charge < -0.3 is 4.57 Å². The number of nitrogens with one attached hydrogen (secondary N) is 2. The van der Waals surface area contributed by atoms with Gasteiger partial charge in [-0.3, -0.25) is 5.10 Å². The molecule has 2 heterocycles. The van der Waals surface area contributed by atoms with Gasteiger partial charge in [-0.05, 0) is 13.3 Å². The summed E-state index contributed by atoms with van der Waals surface area (Å²) >= 11 is 0. The lowest BCUT2D eigenvalue weighted by Crippen LogP contribution is -2.23. The van der Waals surface area contributed by atoms with Gasteiger partial charge in [-0.25, -0.2) is 18.1 Å². The van der Waals surface area contributed by atoms with E-state index in [4.69, 9.17) is 0 Å². The number of hydrogen-bond acceptors (Lipinski definition) is 4. The van der Waals surface area contributed by atoms with E-state index in [-0.39, 0.29) is 11.6 Å². The van der Waals surface area contributed by atoms with Gasteiger partial charge in [-0.2, -0.15) is 5.10 Å². The van der Waals surface area contributed by atoms with Crippen molar-refractivity contribution in [3.05, 3.63) is 30.0 Å². The van der Waals surface area contributed by atoms with Crippen molar-refractivity contribution >= 4 is 10.0 Å². The molecule has 0 bridgehead atoms.